The fraction of sp³-hybridized carbons (Fsp3) is 0.357. The van der Waals surface area contributed by atoms with Crippen molar-refractivity contribution in [3.63, 3.8) is 0 Å². The summed E-state index contributed by atoms with van der Waals surface area (Å²) in [5, 5.41) is 0. The van der Waals surface area contributed by atoms with Gasteiger partial charge in [0.25, 0.3) is 0 Å². The second kappa shape index (κ2) is 5.12. The van der Waals surface area contributed by atoms with Gasteiger partial charge < -0.3 is 9.47 Å². The second-order valence-corrected chi connectivity index (χ2v) is 4.44. The van der Waals surface area contributed by atoms with Crippen molar-refractivity contribution in [3.05, 3.63) is 36.2 Å². The third-order valence-corrected chi connectivity index (χ3v) is 2.64. The van der Waals surface area contributed by atoms with E-state index in [0.29, 0.717) is 12.1 Å². The lowest BCUT2D eigenvalue weighted by atomic mass is 10.3. The van der Waals surface area contributed by atoms with Crippen molar-refractivity contribution >= 4 is 0 Å². The fourth-order valence-electron chi connectivity index (χ4n) is 1.69. The first kappa shape index (κ1) is 12.5. The SMILES string of the molecule is COc1ccc(Oc2nc(C)cn2C(C)C)cc1. The van der Waals surface area contributed by atoms with E-state index in [9.17, 15) is 0 Å². The van der Waals surface area contributed by atoms with E-state index in [1.807, 2.05) is 42.0 Å². The van der Waals surface area contributed by atoms with Gasteiger partial charge in [0.15, 0.2) is 0 Å². The lowest BCUT2D eigenvalue weighted by Crippen LogP contribution is -2.02. The third-order valence-electron chi connectivity index (χ3n) is 2.64. The van der Waals surface area contributed by atoms with Gasteiger partial charge in [-0.1, -0.05) is 0 Å². The monoisotopic (exact) mass is 246 g/mol. The van der Waals surface area contributed by atoms with Crippen molar-refractivity contribution in [1.82, 2.24) is 9.55 Å². The Morgan fingerprint density at radius 2 is 1.72 bits per heavy atom. The molecule has 0 unspecified atom stereocenters. The summed E-state index contributed by atoms with van der Waals surface area (Å²) in [5.41, 5.74) is 0.951. The first-order valence-corrected chi connectivity index (χ1v) is 5.97. The molecule has 0 saturated heterocycles. The van der Waals surface area contributed by atoms with E-state index < -0.39 is 0 Å². The summed E-state index contributed by atoms with van der Waals surface area (Å²) in [6.07, 6.45) is 1.99. The van der Waals surface area contributed by atoms with E-state index in [-0.39, 0.29) is 0 Å². The third kappa shape index (κ3) is 2.64. The Balaban J connectivity index is 2.22. The number of hydrogen-bond acceptors (Lipinski definition) is 3. The number of ether oxygens (including phenoxy) is 2. The molecule has 0 amide bonds. The van der Waals surface area contributed by atoms with Crippen LogP contribution in [-0.2, 0) is 0 Å². The maximum absolute atomic E-state index is 5.79. The highest BCUT2D eigenvalue weighted by molar-refractivity contribution is 5.32. The van der Waals surface area contributed by atoms with E-state index in [0.717, 1.165) is 17.2 Å². The largest absolute Gasteiger partial charge is 0.497 e. The van der Waals surface area contributed by atoms with Crippen LogP contribution in [0.4, 0.5) is 0 Å². The number of rotatable bonds is 4. The number of aryl methyl sites for hydroxylation is 1. The molecule has 1 heterocycles. The number of aromatic nitrogens is 2. The molecule has 2 rings (SSSR count). The summed E-state index contributed by atoms with van der Waals surface area (Å²) < 4.78 is 12.9. The molecular weight excluding hydrogens is 228 g/mol. The predicted molar refractivity (Wildman–Crippen MR) is 70.4 cm³/mol. The van der Waals surface area contributed by atoms with Gasteiger partial charge in [-0.2, -0.15) is 0 Å². The molecule has 0 fully saturated rings. The molecule has 0 aliphatic carbocycles. The molecule has 0 saturated carbocycles. The Labute approximate surface area is 107 Å². The molecule has 0 radical (unpaired) electrons. The van der Waals surface area contributed by atoms with Gasteiger partial charge in [-0.15, -0.1) is 0 Å². The summed E-state index contributed by atoms with van der Waals surface area (Å²) in [6, 6.07) is 8.41. The van der Waals surface area contributed by atoms with E-state index in [1.165, 1.54) is 0 Å². The molecule has 1 aromatic heterocycles. The van der Waals surface area contributed by atoms with E-state index in [4.69, 9.17) is 9.47 Å². The molecule has 0 aliphatic rings. The molecule has 0 atom stereocenters. The van der Waals surface area contributed by atoms with Crippen LogP contribution in [0.25, 0.3) is 0 Å². The molecule has 4 heteroatoms. The number of benzene rings is 1. The Hall–Kier alpha value is -1.97. The fourth-order valence-corrected chi connectivity index (χ4v) is 1.69. The standard InChI is InChI=1S/C14H18N2O2/c1-10(2)16-9-11(3)15-14(16)18-13-7-5-12(17-4)6-8-13/h5-10H,1-4H3. The van der Waals surface area contributed by atoms with Crippen LogP contribution in [0.5, 0.6) is 17.5 Å². The predicted octanol–water partition coefficient (Wildman–Crippen LogP) is 3.57. The molecular formula is C14H18N2O2. The zero-order valence-corrected chi connectivity index (χ0v) is 11.2. The van der Waals surface area contributed by atoms with Crippen LogP contribution in [0, 0.1) is 6.92 Å². The minimum Gasteiger partial charge on any atom is -0.497 e. The van der Waals surface area contributed by atoms with Crippen molar-refractivity contribution in [1.29, 1.82) is 0 Å². The first-order chi connectivity index (χ1) is 8.60. The van der Waals surface area contributed by atoms with Crippen LogP contribution >= 0.6 is 0 Å². The summed E-state index contributed by atoms with van der Waals surface area (Å²) in [6.45, 7) is 6.16. The van der Waals surface area contributed by atoms with Crippen LogP contribution in [0.15, 0.2) is 30.5 Å². The average molecular weight is 246 g/mol. The van der Waals surface area contributed by atoms with Crippen molar-refractivity contribution < 1.29 is 9.47 Å². The van der Waals surface area contributed by atoms with Gasteiger partial charge in [-0.3, -0.25) is 4.57 Å². The molecule has 18 heavy (non-hydrogen) atoms. The molecule has 96 valence electrons. The second-order valence-electron chi connectivity index (χ2n) is 4.44. The zero-order valence-electron chi connectivity index (χ0n) is 11.2. The van der Waals surface area contributed by atoms with E-state index >= 15 is 0 Å². The van der Waals surface area contributed by atoms with Gasteiger partial charge in [0.1, 0.15) is 11.5 Å². The maximum Gasteiger partial charge on any atom is 0.302 e. The highest BCUT2D eigenvalue weighted by Gasteiger charge is 2.10. The minimum atomic E-state index is 0.319. The molecule has 0 aliphatic heterocycles. The van der Waals surface area contributed by atoms with Gasteiger partial charge in [-0.05, 0) is 45.0 Å². The Morgan fingerprint density at radius 3 is 2.28 bits per heavy atom. The first-order valence-electron chi connectivity index (χ1n) is 5.97. The topological polar surface area (TPSA) is 36.3 Å². The van der Waals surface area contributed by atoms with Crippen LogP contribution in [0.2, 0.25) is 0 Å². The Bertz CT molecular complexity index is 515. The highest BCUT2D eigenvalue weighted by Crippen LogP contribution is 2.25. The summed E-state index contributed by atoms with van der Waals surface area (Å²) in [4.78, 5) is 4.38. The van der Waals surface area contributed by atoms with E-state index in [2.05, 4.69) is 18.8 Å². The number of nitrogens with zero attached hydrogens (tertiary/aromatic N) is 2. The van der Waals surface area contributed by atoms with Crippen molar-refractivity contribution in [2.24, 2.45) is 0 Å². The average Bonchev–Trinajstić information content (AvgIpc) is 2.71. The quantitative estimate of drug-likeness (QED) is 0.827. The smallest absolute Gasteiger partial charge is 0.302 e. The lowest BCUT2D eigenvalue weighted by molar-refractivity contribution is 0.391. The van der Waals surface area contributed by atoms with Crippen molar-refractivity contribution in [3.8, 4) is 17.5 Å². The molecule has 0 bridgehead atoms. The van der Waals surface area contributed by atoms with Crippen molar-refractivity contribution in [2.45, 2.75) is 26.8 Å². The number of methoxy groups -OCH3 is 1. The van der Waals surface area contributed by atoms with E-state index in [1.54, 1.807) is 7.11 Å². The Morgan fingerprint density at radius 1 is 1.11 bits per heavy atom. The highest BCUT2D eigenvalue weighted by atomic mass is 16.5. The van der Waals surface area contributed by atoms with Gasteiger partial charge in [0.05, 0.1) is 12.8 Å². The lowest BCUT2D eigenvalue weighted by Gasteiger charge is -2.11. The van der Waals surface area contributed by atoms with Crippen LogP contribution in [0.1, 0.15) is 25.6 Å². The van der Waals surface area contributed by atoms with Gasteiger partial charge in [0.2, 0.25) is 0 Å². The number of hydrogen-bond donors (Lipinski definition) is 0. The normalized spacial score (nSPS) is 10.7. The van der Waals surface area contributed by atoms with Crippen molar-refractivity contribution in [2.75, 3.05) is 7.11 Å². The number of imidazole rings is 1. The summed E-state index contributed by atoms with van der Waals surface area (Å²) >= 11 is 0. The summed E-state index contributed by atoms with van der Waals surface area (Å²) in [7, 11) is 1.64. The van der Waals surface area contributed by atoms with Crippen LogP contribution in [-0.4, -0.2) is 16.7 Å². The molecule has 4 nitrogen and oxygen atoms in total. The Kier molecular flexibility index (Phi) is 3.55. The van der Waals surface area contributed by atoms with Gasteiger partial charge >= 0.3 is 6.01 Å². The molecule has 2 aromatic rings. The zero-order chi connectivity index (χ0) is 13.1. The minimum absolute atomic E-state index is 0.319. The van der Waals surface area contributed by atoms with Gasteiger partial charge in [-0.25, -0.2) is 4.98 Å². The van der Waals surface area contributed by atoms with Gasteiger partial charge in [0, 0.05) is 12.2 Å². The van der Waals surface area contributed by atoms with Crippen LogP contribution < -0.4 is 9.47 Å². The molecule has 0 N–H and O–H groups in total. The van der Waals surface area contributed by atoms with Crippen LogP contribution in [0.3, 0.4) is 0 Å². The summed E-state index contributed by atoms with van der Waals surface area (Å²) in [5.74, 6) is 1.56. The maximum atomic E-state index is 5.79. The molecule has 0 spiro atoms. The molecule has 1 aromatic carbocycles.